The average Bonchev–Trinajstić information content (AvgIpc) is 3.41. The van der Waals surface area contributed by atoms with Gasteiger partial charge in [0, 0.05) is 31.3 Å². The molecule has 0 aromatic carbocycles. The molecule has 0 radical (unpaired) electrons. The minimum absolute atomic E-state index is 0.163. The van der Waals surface area contributed by atoms with Crippen molar-refractivity contribution in [2.75, 3.05) is 13.1 Å². The molecule has 1 saturated heterocycles. The normalized spacial score (nSPS) is 16.4. The standard InChI is InChI=1S/C18H15N5O3/c19-10-12-3-5-20-17(8-12)26-13-4-6-23(11-13)18(24)15-9-14(21-22-15)16-2-1-7-25-16/h1-3,5,7-9,13H,4,6,11H2,(H,21,22). The number of hydrogen-bond acceptors (Lipinski definition) is 6. The molecule has 0 aliphatic carbocycles. The molecule has 3 aromatic rings. The zero-order chi connectivity index (χ0) is 17.9. The molecule has 1 atom stereocenters. The Bertz CT molecular complexity index is 957. The van der Waals surface area contributed by atoms with Gasteiger partial charge in [0.2, 0.25) is 5.88 Å². The van der Waals surface area contributed by atoms with Gasteiger partial charge in [-0.15, -0.1) is 0 Å². The van der Waals surface area contributed by atoms with Crippen molar-refractivity contribution >= 4 is 5.91 Å². The largest absolute Gasteiger partial charge is 0.472 e. The fraction of sp³-hybridized carbons (Fsp3) is 0.222. The van der Waals surface area contributed by atoms with Crippen LogP contribution < -0.4 is 4.74 Å². The fourth-order valence-corrected chi connectivity index (χ4v) is 2.87. The van der Waals surface area contributed by atoms with Gasteiger partial charge in [-0.25, -0.2) is 4.98 Å². The Kier molecular flexibility index (Phi) is 4.11. The molecule has 26 heavy (non-hydrogen) atoms. The molecule has 4 rings (SSSR count). The van der Waals surface area contributed by atoms with E-state index >= 15 is 0 Å². The molecular weight excluding hydrogens is 334 g/mol. The van der Waals surface area contributed by atoms with E-state index in [1.165, 1.54) is 6.20 Å². The Balaban J connectivity index is 1.40. The van der Waals surface area contributed by atoms with Crippen molar-refractivity contribution in [3.63, 3.8) is 0 Å². The quantitative estimate of drug-likeness (QED) is 0.774. The number of amides is 1. The van der Waals surface area contributed by atoms with Crippen molar-refractivity contribution in [3.05, 3.63) is 54.0 Å². The maximum Gasteiger partial charge on any atom is 0.274 e. The first-order valence-electron chi connectivity index (χ1n) is 8.14. The van der Waals surface area contributed by atoms with Crippen LogP contribution >= 0.6 is 0 Å². The lowest BCUT2D eigenvalue weighted by Gasteiger charge is -2.15. The predicted molar refractivity (Wildman–Crippen MR) is 90.2 cm³/mol. The number of carbonyl (C=O) groups is 1. The van der Waals surface area contributed by atoms with Gasteiger partial charge in [-0.3, -0.25) is 9.89 Å². The molecule has 1 amide bonds. The minimum Gasteiger partial charge on any atom is -0.472 e. The number of hydrogen-bond donors (Lipinski definition) is 1. The van der Waals surface area contributed by atoms with E-state index in [2.05, 4.69) is 21.3 Å². The van der Waals surface area contributed by atoms with Gasteiger partial charge >= 0.3 is 0 Å². The first kappa shape index (κ1) is 15.9. The number of carbonyl (C=O) groups excluding carboxylic acids is 1. The number of likely N-dealkylation sites (tertiary alicyclic amines) is 1. The van der Waals surface area contributed by atoms with Crippen LogP contribution in [0.1, 0.15) is 22.5 Å². The second-order valence-electron chi connectivity index (χ2n) is 5.92. The molecule has 8 heteroatoms. The predicted octanol–water partition coefficient (Wildman–Crippen LogP) is 2.23. The molecule has 0 spiro atoms. The zero-order valence-electron chi connectivity index (χ0n) is 13.8. The van der Waals surface area contributed by atoms with Gasteiger partial charge in [-0.05, 0) is 18.2 Å². The van der Waals surface area contributed by atoms with Gasteiger partial charge in [0.05, 0.1) is 24.4 Å². The highest BCUT2D eigenvalue weighted by atomic mass is 16.5. The summed E-state index contributed by atoms with van der Waals surface area (Å²) in [5.74, 6) is 0.856. The van der Waals surface area contributed by atoms with Gasteiger partial charge < -0.3 is 14.1 Å². The molecule has 130 valence electrons. The molecule has 4 heterocycles. The molecule has 1 fully saturated rings. The Morgan fingerprint density at radius 3 is 3.15 bits per heavy atom. The molecule has 3 aromatic heterocycles. The lowest BCUT2D eigenvalue weighted by Crippen LogP contribution is -2.31. The number of H-pyrrole nitrogens is 1. The third-order valence-corrected chi connectivity index (χ3v) is 4.17. The highest BCUT2D eigenvalue weighted by molar-refractivity contribution is 5.93. The first-order valence-corrected chi connectivity index (χ1v) is 8.14. The second-order valence-corrected chi connectivity index (χ2v) is 5.92. The first-order chi connectivity index (χ1) is 12.7. The number of aromatic amines is 1. The van der Waals surface area contributed by atoms with Crippen LogP contribution in [0.4, 0.5) is 0 Å². The van der Waals surface area contributed by atoms with E-state index < -0.39 is 0 Å². The Hall–Kier alpha value is -3.60. The van der Waals surface area contributed by atoms with E-state index in [1.807, 2.05) is 0 Å². The van der Waals surface area contributed by atoms with Gasteiger partial charge in [0.25, 0.3) is 5.91 Å². The van der Waals surface area contributed by atoms with Crippen molar-refractivity contribution in [2.24, 2.45) is 0 Å². The molecule has 1 aliphatic rings. The van der Waals surface area contributed by atoms with Gasteiger partial charge in [0.15, 0.2) is 11.5 Å². The van der Waals surface area contributed by atoms with Gasteiger partial charge in [-0.2, -0.15) is 10.4 Å². The highest BCUT2D eigenvalue weighted by Crippen LogP contribution is 2.21. The van der Waals surface area contributed by atoms with Crippen molar-refractivity contribution < 1.29 is 13.9 Å². The van der Waals surface area contributed by atoms with Crippen molar-refractivity contribution in [2.45, 2.75) is 12.5 Å². The van der Waals surface area contributed by atoms with Crippen LogP contribution in [0.25, 0.3) is 11.5 Å². The summed E-state index contributed by atoms with van der Waals surface area (Å²) in [6.07, 6.45) is 3.63. The minimum atomic E-state index is -0.163. The van der Waals surface area contributed by atoms with Crippen LogP contribution in [0.15, 0.2) is 47.2 Å². The van der Waals surface area contributed by atoms with Crippen LogP contribution in [-0.2, 0) is 0 Å². The van der Waals surface area contributed by atoms with Crippen molar-refractivity contribution in [1.82, 2.24) is 20.1 Å². The Morgan fingerprint density at radius 1 is 1.42 bits per heavy atom. The molecule has 1 unspecified atom stereocenters. The SMILES string of the molecule is N#Cc1ccnc(OC2CCN(C(=O)c3cc(-c4ccco4)[nH]n3)C2)c1. The van der Waals surface area contributed by atoms with E-state index in [-0.39, 0.29) is 12.0 Å². The van der Waals surface area contributed by atoms with E-state index in [0.29, 0.717) is 48.1 Å². The Labute approximate surface area is 149 Å². The summed E-state index contributed by atoms with van der Waals surface area (Å²) in [6, 6.07) is 10.5. The highest BCUT2D eigenvalue weighted by Gasteiger charge is 2.30. The number of pyridine rings is 1. The topological polar surface area (TPSA) is 108 Å². The number of furan rings is 1. The van der Waals surface area contributed by atoms with E-state index in [4.69, 9.17) is 14.4 Å². The smallest absolute Gasteiger partial charge is 0.274 e. The van der Waals surface area contributed by atoms with Gasteiger partial charge in [0.1, 0.15) is 11.8 Å². The summed E-state index contributed by atoms with van der Waals surface area (Å²) < 4.78 is 11.1. The van der Waals surface area contributed by atoms with Crippen LogP contribution in [0.3, 0.4) is 0 Å². The summed E-state index contributed by atoms with van der Waals surface area (Å²) in [7, 11) is 0. The van der Waals surface area contributed by atoms with Crippen LogP contribution in [0.5, 0.6) is 5.88 Å². The lowest BCUT2D eigenvalue weighted by molar-refractivity contribution is 0.0765. The summed E-state index contributed by atoms with van der Waals surface area (Å²) in [5.41, 5.74) is 1.48. The van der Waals surface area contributed by atoms with Crippen molar-refractivity contribution in [1.29, 1.82) is 5.26 Å². The van der Waals surface area contributed by atoms with E-state index in [1.54, 1.807) is 41.5 Å². The summed E-state index contributed by atoms with van der Waals surface area (Å²) in [5, 5.41) is 15.8. The maximum atomic E-state index is 12.6. The number of nitriles is 1. The Morgan fingerprint density at radius 2 is 2.35 bits per heavy atom. The number of ether oxygens (including phenoxy) is 1. The van der Waals surface area contributed by atoms with Crippen molar-refractivity contribution in [3.8, 4) is 23.4 Å². The number of nitrogens with zero attached hydrogens (tertiary/aromatic N) is 4. The average molecular weight is 349 g/mol. The van der Waals surface area contributed by atoms with Crippen LogP contribution in [0, 0.1) is 11.3 Å². The summed E-state index contributed by atoms with van der Waals surface area (Å²) in [6.45, 7) is 1.02. The van der Waals surface area contributed by atoms with Gasteiger partial charge in [-0.1, -0.05) is 0 Å². The van der Waals surface area contributed by atoms with E-state index in [9.17, 15) is 4.79 Å². The third-order valence-electron chi connectivity index (χ3n) is 4.17. The zero-order valence-corrected chi connectivity index (χ0v) is 13.8. The lowest BCUT2D eigenvalue weighted by atomic mass is 10.3. The summed E-state index contributed by atoms with van der Waals surface area (Å²) >= 11 is 0. The monoisotopic (exact) mass is 349 g/mol. The molecular formula is C18H15N5O3. The molecule has 0 bridgehead atoms. The third kappa shape index (κ3) is 3.15. The van der Waals surface area contributed by atoms with E-state index in [0.717, 1.165) is 0 Å². The second kappa shape index (κ2) is 6.72. The molecule has 1 aliphatic heterocycles. The number of nitrogens with one attached hydrogen (secondary N) is 1. The number of rotatable bonds is 4. The fourth-order valence-electron chi connectivity index (χ4n) is 2.87. The maximum absolute atomic E-state index is 12.6. The molecule has 8 nitrogen and oxygen atoms in total. The van der Waals surface area contributed by atoms with Crippen LogP contribution in [0.2, 0.25) is 0 Å². The summed E-state index contributed by atoms with van der Waals surface area (Å²) in [4.78, 5) is 18.4. The number of aromatic nitrogens is 3. The molecule has 1 N–H and O–H groups in total. The van der Waals surface area contributed by atoms with Crippen LogP contribution in [-0.4, -0.2) is 45.2 Å². The molecule has 0 saturated carbocycles.